The number of alkyl halides is 3. The Labute approximate surface area is 94.2 Å². The molecule has 0 aliphatic rings. The number of aliphatic hydroxyl groups is 1. The monoisotopic (exact) mass is 252 g/mol. The topological polar surface area (TPSA) is 20.2 Å². The van der Waals surface area contributed by atoms with Gasteiger partial charge in [0.15, 0.2) is 0 Å². The van der Waals surface area contributed by atoms with Crippen molar-refractivity contribution in [1.29, 1.82) is 0 Å². The van der Waals surface area contributed by atoms with Crippen molar-refractivity contribution in [2.24, 2.45) is 0 Å². The van der Waals surface area contributed by atoms with Gasteiger partial charge in [0.1, 0.15) is 11.6 Å². The summed E-state index contributed by atoms with van der Waals surface area (Å²) >= 11 is 0. The van der Waals surface area contributed by atoms with E-state index < -0.39 is 30.0 Å². The van der Waals surface area contributed by atoms with Gasteiger partial charge in [-0.1, -0.05) is 0 Å². The molecular formula is C11H9F5O. The maximum atomic E-state index is 12.9. The summed E-state index contributed by atoms with van der Waals surface area (Å²) in [6.45, 7) is -0.832. The Morgan fingerprint density at radius 2 is 1.88 bits per heavy atom. The second-order valence-electron chi connectivity index (χ2n) is 3.36. The van der Waals surface area contributed by atoms with E-state index in [-0.39, 0.29) is 12.0 Å². The smallest absolute Gasteiger partial charge is 0.389 e. The molecule has 0 spiro atoms. The average Bonchev–Trinajstić information content (AvgIpc) is 2.24. The summed E-state index contributed by atoms with van der Waals surface area (Å²) in [5.74, 6) is -1.91. The molecule has 0 aromatic heterocycles. The van der Waals surface area contributed by atoms with Gasteiger partial charge >= 0.3 is 6.18 Å². The van der Waals surface area contributed by atoms with Crippen LogP contribution in [0.25, 0.3) is 0 Å². The highest BCUT2D eigenvalue weighted by molar-refractivity contribution is 5.28. The summed E-state index contributed by atoms with van der Waals surface area (Å²) in [5.41, 5.74) is -1.13. The first-order chi connectivity index (χ1) is 7.82. The molecule has 0 heterocycles. The SMILES string of the molecule is OC/C(F)=C\Cc1cc(F)cc(C(F)(F)F)c1. The summed E-state index contributed by atoms with van der Waals surface area (Å²) in [6, 6.07) is 2.00. The Balaban J connectivity index is 2.98. The van der Waals surface area contributed by atoms with E-state index in [1.165, 1.54) is 0 Å². The van der Waals surface area contributed by atoms with Crippen molar-refractivity contribution in [2.45, 2.75) is 12.6 Å². The van der Waals surface area contributed by atoms with Crippen LogP contribution in [0.15, 0.2) is 30.1 Å². The van der Waals surface area contributed by atoms with Crippen LogP contribution in [-0.4, -0.2) is 11.7 Å². The molecule has 1 N–H and O–H groups in total. The average molecular weight is 252 g/mol. The largest absolute Gasteiger partial charge is 0.416 e. The highest BCUT2D eigenvalue weighted by atomic mass is 19.4. The molecule has 0 aliphatic carbocycles. The zero-order valence-electron chi connectivity index (χ0n) is 8.56. The first-order valence-electron chi connectivity index (χ1n) is 4.65. The van der Waals surface area contributed by atoms with Gasteiger partial charge in [-0.3, -0.25) is 0 Å². The summed E-state index contributed by atoms with van der Waals surface area (Å²) < 4.78 is 62.4. The first kappa shape index (κ1) is 13.6. The minimum absolute atomic E-state index is 0.0130. The van der Waals surface area contributed by atoms with Crippen LogP contribution in [0.3, 0.4) is 0 Å². The molecule has 0 unspecified atom stereocenters. The molecule has 1 rings (SSSR count). The normalized spacial score (nSPS) is 12.9. The Hall–Kier alpha value is -1.43. The zero-order valence-corrected chi connectivity index (χ0v) is 8.56. The van der Waals surface area contributed by atoms with Gasteiger partial charge in [0.25, 0.3) is 0 Å². The molecule has 0 radical (unpaired) electrons. The zero-order chi connectivity index (χ0) is 13.1. The predicted molar refractivity (Wildman–Crippen MR) is 51.4 cm³/mol. The third-order valence-electron chi connectivity index (χ3n) is 2.00. The van der Waals surface area contributed by atoms with Gasteiger partial charge in [-0.2, -0.15) is 13.2 Å². The van der Waals surface area contributed by atoms with Gasteiger partial charge in [-0.05, 0) is 36.3 Å². The van der Waals surface area contributed by atoms with Crippen molar-refractivity contribution in [3.8, 4) is 0 Å². The molecule has 1 nitrogen and oxygen atoms in total. The quantitative estimate of drug-likeness (QED) is 0.819. The maximum absolute atomic E-state index is 12.9. The van der Waals surface area contributed by atoms with Gasteiger partial charge in [0, 0.05) is 0 Å². The lowest BCUT2D eigenvalue weighted by Gasteiger charge is -2.08. The van der Waals surface area contributed by atoms with E-state index in [0.717, 1.165) is 18.2 Å². The van der Waals surface area contributed by atoms with E-state index in [4.69, 9.17) is 5.11 Å². The number of hydrogen-bond acceptors (Lipinski definition) is 1. The Bertz CT molecular complexity index is 422. The number of aliphatic hydroxyl groups excluding tert-OH is 1. The third-order valence-corrected chi connectivity index (χ3v) is 2.00. The highest BCUT2D eigenvalue weighted by Gasteiger charge is 2.31. The Kier molecular flexibility index (Phi) is 4.22. The molecule has 0 atom stereocenters. The number of allylic oxidation sites excluding steroid dienone is 1. The van der Waals surface area contributed by atoms with E-state index >= 15 is 0 Å². The molecule has 0 fully saturated rings. The molecule has 0 amide bonds. The van der Waals surface area contributed by atoms with Crippen molar-refractivity contribution in [3.05, 3.63) is 47.0 Å². The first-order valence-corrected chi connectivity index (χ1v) is 4.65. The van der Waals surface area contributed by atoms with Crippen LogP contribution in [0.4, 0.5) is 22.0 Å². The van der Waals surface area contributed by atoms with Crippen molar-refractivity contribution in [1.82, 2.24) is 0 Å². The van der Waals surface area contributed by atoms with E-state index in [0.29, 0.717) is 6.07 Å². The van der Waals surface area contributed by atoms with Gasteiger partial charge in [-0.25, -0.2) is 8.78 Å². The van der Waals surface area contributed by atoms with Crippen molar-refractivity contribution in [3.63, 3.8) is 0 Å². The molecule has 0 saturated heterocycles. The lowest BCUT2D eigenvalue weighted by molar-refractivity contribution is -0.137. The number of hydrogen-bond donors (Lipinski definition) is 1. The van der Waals surface area contributed by atoms with E-state index in [9.17, 15) is 22.0 Å². The minimum Gasteiger partial charge on any atom is -0.389 e. The molecule has 1 aromatic rings. The van der Waals surface area contributed by atoms with Crippen LogP contribution in [-0.2, 0) is 12.6 Å². The molecule has 0 aliphatic heterocycles. The standard InChI is InChI=1S/C11H9F5O/c12-9(6-17)2-1-7-3-8(11(14,15)16)5-10(13)4-7/h2-5,17H,1,6H2/b9-2+. The van der Waals surface area contributed by atoms with E-state index in [1.807, 2.05) is 0 Å². The maximum Gasteiger partial charge on any atom is 0.416 e. The summed E-state index contributed by atoms with van der Waals surface area (Å²) in [6.07, 6.45) is -3.96. The molecular weight excluding hydrogens is 243 g/mol. The molecule has 1 aromatic carbocycles. The highest BCUT2D eigenvalue weighted by Crippen LogP contribution is 2.30. The van der Waals surface area contributed by atoms with Gasteiger partial charge in [0.2, 0.25) is 0 Å². The van der Waals surface area contributed by atoms with Crippen molar-refractivity contribution in [2.75, 3.05) is 6.61 Å². The van der Waals surface area contributed by atoms with Crippen LogP contribution in [0, 0.1) is 5.82 Å². The fraction of sp³-hybridized carbons (Fsp3) is 0.273. The summed E-state index contributed by atoms with van der Waals surface area (Å²) in [5, 5.41) is 8.35. The minimum atomic E-state index is -4.64. The molecule has 94 valence electrons. The van der Waals surface area contributed by atoms with Crippen LogP contribution >= 0.6 is 0 Å². The Morgan fingerprint density at radius 1 is 1.24 bits per heavy atom. The lowest BCUT2D eigenvalue weighted by atomic mass is 10.1. The Morgan fingerprint density at radius 3 is 2.41 bits per heavy atom. The van der Waals surface area contributed by atoms with Crippen LogP contribution < -0.4 is 0 Å². The molecule has 0 saturated carbocycles. The van der Waals surface area contributed by atoms with E-state index in [1.54, 1.807) is 0 Å². The molecule has 0 bridgehead atoms. The summed E-state index contributed by atoms with van der Waals surface area (Å²) in [4.78, 5) is 0. The van der Waals surface area contributed by atoms with Crippen LogP contribution in [0.5, 0.6) is 0 Å². The second-order valence-corrected chi connectivity index (χ2v) is 3.36. The second kappa shape index (κ2) is 5.27. The molecule has 6 heteroatoms. The van der Waals surface area contributed by atoms with Crippen molar-refractivity contribution >= 4 is 0 Å². The van der Waals surface area contributed by atoms with E-state index in [2.05, 4.69) is 0 Å². The van der Waals surface area contributed by atoms with Crippen LogP contribution in [0.1, 0.15) is 11.1 Å². The number of rotatable bonds is 3. The number of halogens is 5. The predicted octanol–water partition coefficient (Wildman–Crippen LogP) is 3.23. The lowest BCUT2D eigenvalue weighted by Crippen LogP contribution is -2.06. The van der Waals surface area contributed by atoms with Gasteiger partial charge < -0.3 is 5.11 Å². The van der Waals surface area contributed by atoms with Gasteiger partial charge in [-0.15, -0.1) is 0 Å². The summed E-state index contributed by atoms with van der Waals surface area (Å²) in [7, 11) is 0. The van der Waals surface area contributed by atoms with Crippen molar-refractivity contribution < 1.29 is 27.1 Å². The fourth-order valence-corrected chi connectivity index (χ4v) is 1.23. The van der Waals surface area contributed by atoms with Gasteiger partial charge in [0.05, 0.1) is 12.2 Å². The third kappa shape index (κ3) is 4.14. The van der Waals surface area contributed by atoms with Crippen LogP contribution in [0.2, 0.25) is 0 Å². The fourth-order valence-electron chi connectivity index (χ4n) is 1.23. The number of benzene rings is 1. The molecule has 17 heavy (non-hydrogen) atoms.